The minimum atomic E-state index is -0.750. The predicted molar refractivity (Wildman–Crippen MR) is 88.7 cm³/mol. The molecule has 2 heterocycles. The van der Waals surface area contributed by atoms with Crippen LogP contribution >= 0.6 is 0 Å². The van der Waals surface area contributed by atoms with Gasteiger partial charge < -0.3 is 15.0 Å². The molecular formula is C17H21FN4O2. The molecule has 1 aromatic heterocycles. The lowest BCUT2D eigenvalue weighted by Gasteiger charge is -2.39. The van der Waals surface area contributed by atoms with Gasteiger partial charge in [-0.05, 0) is 44.1 Å². The monoisotopic (exact) mass is 332 g/mol. The molecule has 128 valence electrons. The molecule has 0 saturated carbocycles. The summed E-state index contributed by atoms with van der Waals surface area (Å²) >= 11 is 0. The Kier molecular flexibility index (Phi) is 4.53. The second kappa shape index (κ2) is 6.60. The van der Waals surface area contributed by atoms with Gasteiger partial charge in [-0.25, -0.2) is 4.39 Å². The lowest BCUT2D eigenvalue weighted by molar-refractivity contribution is -0.128. The number of ether oxygens (including phenoxy) is 1. The van der Waals surface area contributed by atoms with E-state index in [0.717, 1.165) is 13.1 Å². The Morgan fingerprint density at radius 2 is 2.17 bits per heavy atom. The standard InChI is InChI=1S/C17H21FN4O2/c1-21(13-4-5-15(24-2)14(18)12-13)16(23)17(6-9-19-10-7-17)22-11-3-8-20-22/h3-5,8,11-12,19H,6-7,9-10H2,1-2H3. The zero-order valence-electron chi connectivity index (χ0n) is 13.8. The van der Waals surface area contributed by atoms with Crippen LogP contribution in [0.4, 0.5) is 10.1 Å². The van der Waals surface area contributed by atoms with Gasteiger partial charge in [0.05, 0.1) is 7.11 Å². The number of halogens is 1. The summed E-state index contributed by atoms with van der Waals surface area (Å²) in [6, 6.07) is 6.33. The highest BCUT2D eigenvalue weighted by Crippen LogP contribution is 2.32. The molecule has 0 spiro atoms. The predicted octanol–water partition coefficient (Wildman–Crippen LogP) is 1.77. The Balaban J connectivity index is 1.94. The average molecular weight is 332 g/mol. The first-order valence-electron chi connectivity index (χ1n) is 7.91. The number of methoxy groups -OCH3 is 1. The number of piperidine rings is 1. The first-order valence-corrected chi connectivity index (χ1v) is 7.91. The molecule has 6 nitrogen and oxygen atoms in total. The molecule has 0 bridgehead atoms. The number of hydrogen-bond acceptors (Lipinski definition) is 4. The normalized spacial score (nSPS) is 16.6. The van der Waals surface area contributed by atoms with Gasteiger partial charge in [0.1, 0.15) is 5.54 Å². The number of benzene rings is 1. The largest absolute Gasteiger partial charge is 0.494 e. The summed E-state index contributed by atoms with van der Waals surface area (Å²) in [6.45, 7) is 1.47. The number of hydrogen-bond donors (Lipinski definition) is 1. The van der Waals surface area contributed by atoms with Crippen molar-refractivity contribution in [1.29, 1.82) is 0 Å². The van der Waals surface area contributed by atoms with Crippen molar-refractivity contribution >= 4 is 11.6 Å². The van der Waals surface area contributed by atoms with E-state index >= 15 is 0 Å². The van der Waals surface area contributed by atoms with Crippen molar-refractivity contribution in [3.8, 4) is 5.75 Å². The Labute approximate surface area is 140 Å². The fourth-order valence-corrected chi connectivity index (χ4v) is 3.20. The van der Waals surface area contributed by atoms with Crippen molar-refractivity contribution < 1.29 is 13.9 Å². The minimum Gasteiger partial charge on any atom is -0.494 e. The minimum absolute atomic E-state index is 0.0998. The summed E-state index contributed by atoms with van der Waals surface area (Å²) in [5.74, 6) is -0.436. The van der Waals surface area contributed by atoms with Crippen molar-refractivity contribution in [3.63, 3.8) is 0 Å². The van der Waals surface area contributed by atoms with E-state index in [1.165, 1.54) is 24.1 Å². The molecule has 1 aliphatic rings. The Morgan fingerprint density at radius 1 is 1.42 bits per heavy atom. The molecule has 7 heteroatoms. The van der Waals surface area contributed by atoms with Crippen molar-refractivity contribution in [2.75, 3.05) is 32.1 Å². The number of rotatable bonds is 4. The van der Waals surface area contributed by atoms with Gasteiger partial charge in [0.2, 0.25) is 0 Å². The molecule has 0 atom stereocenters. The van der Waals surface area contributed by atoms with Crippen LogP contribution in [0.1, 0.15) is 12.8 Å². The van der Waals surface area contributed by atoms with E-state index in [1.54, 1.807) is 24.0 Å². The summed E-state index contributed by atoms with van der Waals surface area (Å²) in [5.41, 5.74) is -0.261. The Morgan fingerprint density at radius 3 is 2.75 bits per heavy atom. The Bertz CT molecular complexity index is 711. The maximum absolute atomic E-state index is 14.0. The zero-order valence-corrected chi connectivity index (χ0v) is 13.8. The third-order valence-electron chi connectivity index (χ3n) is 4.60. The van der Waals surface area contributed by atoms with E-state index in [4.69, 9.17) is 4.74 Å². The van der Waals surface area contributed by atoms with E-state index in [1.807, 2.05) is 12.3 Å². The van der Waals surface area contributed by atoms with Crippen LogP contribution in [-0.4, -0.2) is 42.9 Å². The highest BCUT2D eigenvalue weighted by molar-refractivity contribution is 5.98. The number of nitrogens with zero attached hydrogens (tertiary/aromatic N) is 3. The van der Waals surface area contributed by atoms with E-state index in [0.29, 0.717) is 18.5 Å². The van der Waals surface area contributed by atoms with Crippen molar-refractivity contribution in [2.45, 2.75) is 18.4 Å². The van der Waals surface area contributed by atoms with Gasteiger partial charge in [0.25, 0.3) is 5.91 Å². The second-order valence-corrected chi connectivity index (χ2v) is 5.92. The SMILES string of the molecule is COc1ccc(N(C)C(=O)C2(n3cccn3)CCNCC2)cc1F. The van der Waals surface area contributed by atoms with E-state index < -0.39 is 11.4 Å². The lowest BCUT2D eigenvalue weighted by Crippen LogP contribution is -2.55. The van der Waals surface area contributed by atoms with E-state index in [2.05, 4.69) is 10.4 Å². The number of amides is 1. The van der Waals surface area contributed by atoms with Gasteiger partial charge in [0, 0.05) is 31.2 Å². The molecule has 2 aromatic rings. The number of anilines is 1. The molecule has 1 aliphatic heterocycles. The summed E-state index contributed by atoms with van der Waals surface area (Å²) < 4.78 is 20.7. The molecule has 1 saturated heterocycles. The third kappa shape index (κ3) is 2.75. The highest BCUT2D eigenvalue weighted by Gasteiger charge is 2.44. The third-order valence-corrected chi connectivity index (χ3v) is 4.60. The summed E-state index contributed by atoms with van der Waals surface area (Å²) in [7, 11) is 3.07. The van der Waals surface area contributed by atoms with E-state index in [-0.39, 0.29) is 11.7 Å². The molecule has 0 unspecified atom stereocenters. The van der Waals surface area contributed by atoms with Crippen LogP contribution in [-0.2, 0) is 10.3 Å². The zero-order chi connectivity index (χ0) is 17.2. The number of carbonyl (C=O) groups is 1. The molecule has 0 radical (unpaired) electrons. The van der Waals surface area contributed by atoms with Gasteiger partial charge in [-0.2, -0.15) is 5.10 Å². The first-order chi connectivity index (χ1) is 11.6. The molecule has 1 fully saturated rings. The van der Waals surface area contributed by atoms with Crippen LogP contribution < -0.4 is 15.0 Å². The van der Waals surface area contributed by atoms with Crippen LogP contribution in [0.3, 0.4) is 0 Å². The quantitative estimate of drug-likeness (QED) is 0.927. The molecule has 1 aromatic carbocycles. The fourth-order valence-electron chi connectivity index (χ4n) is 3.20. The van der Waals surface area contributed by atoms with Crippen molar-refractivity contribution in [3.05, 3.63) is 42.5 Å². The highest BCUT2D eigenvalue weighted by atomic mass is 19.1. The number of likely N-dealkylation sites (N-methyl/N-ethyl adjacent to an activating group) is 1. The Hall–Kier alpha value is -2.41. The summed E-state index contributed by atoms with van der Waals surface area (Å²) in [4.78, 5) is 14.8. The van der Waals surface area contributed by atoms with Crippen LogP contribution in [0, 0.1) is 5.82 Å². The molecular weight excluding hydrogens is 311 g/mol. The summed E-state index contributed by atoms with van der Waals surface area (Å²) in [5, 5.41) is 7.57. The molecule has 1 N–H and O–H groups in total. The van der Waals surface area contributed by atoms with Gasteiger partial charge in [-0.1, -0.05) is 0 Å². The first kappa shape index (κ1) is 16.4. The lowest BCUT2D eigenvalue weighted by atomic mass is 9.86. The number of carbonyl (C=O) groups excluding carboxylic acids is 1. The number of aromatic nitrogens is 2. The summed E-state index contributed by atoms with van der Waals surface area (Å²) in [6.07, 6.45) is 4.75. The smallest absolute Gasteiger partial charge is 0.254 e. The van der Waals surface area contributed by atoms with Gasteiger partial charge >= 0.3 is 0 Å². The fraction of sp³-hybridized carbons (Fsp3) is 0.412. The number of nitrogens with one attached hydrogen (secondary N) is 1. The second-order valence-electron chi connectivity index (χ2n) is 5.92. The molecule has 24 heavy (non-hydrogen) atoms. The van der Waals surface area contributed by atoms with Crippen LogP contribution in [0.25, 0.3) is 0 Å². The maximum Gasteiger partial charge on any atom is 0.254 e. The maximum atomic E-state index is 14.0. The molecule has 0 aliphatic carbocycles. The topological polar surface area (TPSA) is 59.4 Å². The van der Waals surface area contributed by atoms with Crippen molar-refractivity contribution in [1.82, 2.24) is 15.1 Å². The molecule has 3 rings (SSSR count). The van der Waals surface area contributed by atoms with Gasteiger partial charge in [0.15, 0.2) is 11.6 Å². The van der Waals surface area contributed by atoms with Crippen molar-refractivity contribution in [2.24, 2.45) is 0 Å². The average Bonchev–Trinajstić information content (AvgIpc) is 3.16. The van der Waals surface area contributed by atoms with Crippen LogP contribution in [0.2, 0.25) is 0 Å². The van der Waals surface area contributed by atoms with Crippen LogP contribution in [0.5, 0.6) is 5.75 Å². The van der Waals surface area contributed by atoms with Crippen LogP contribution in [0.15, 0.2) is 36.7 Å². The molecule has 1 amide bonds. The van der Waals surface area contributed by atoms with Gasteiger partial charge in [-0.15, -0.1) is 0 Å². The van der Waals surface area contributed by atoms with Gasteiger partial charge in [-0.3, -0.25) is 9.48 Å². The van der Waals surface area contributed by atoms with E-state index in [9.17, 15) is 9.18 Å².